The molecule has 2 amide bonds. The molecule has 1 saturated carbocycles. The van der Waals surface area contributed by atoms with Gasteiger partial charge in [0.25, 0.3) is 0 Å². The van der Waals surface area contributed by atoms with E-state index in [1.54, 1.807) is 6.92 Å². The maximum atomic E-state index is 12.5. The van der Waals surface area contributed by atoms with Crippen LogP contribution in [0.25, 0.3) is 0 Å². The van der Waals surface area contributed by atoms with Crippen molar-refractivity contribution in [3.05, 3.63) is 35.9 Å². The number of likely N-dealkylation sites (tertiary alicyclic amines) is 1. The van der Waals surface area contributed by atoms with Gasteiger partial charge >= 0.3 is 5.97 Å². The van der Waals surface area contributed by atoms with Gasteiger partial charge in [-0.25, -0.2) is 4.79 Å². The summed E-state index contributed by atoms with van der Waals surface area (Å²) in [5, 5.41) is 0. The van der Waals surface area contributed by atoms with Gasteiger partial charge < -0.3 is 4.74 Å². The lowest BCUT2D eigenvalue weighted by Gasteiger charge is -2.21. The minimum atomic E-state index is -0.841. The summed E-state index contributed by atoms with van der Waals surface area (Å²) in [6.07, 6.45) is 4.07. The van der Waals surface area contributed by atoms with Gasteiger partial charge in [0.05, 0.1) is 18.4 Å². The summed E-state index contributed by atoms with van der Waals surface area (Å²) in [6, 6.07) is 8.89. The van der Waals surface area contributed by atoms with E-state index >= 15 is 0 Å². The first-order valence-corrected chi connectivity index (χ1v) is 8.67. The van der Waals surface area contributed by atoms with Crippen LogP contribution in [0.5, 0.6) is 0 Å². The van der Waals surface area contributed by atoms with Crippen molar-refractivity contribution in [1.29, 1.82) is 0 Å². The van der Waals surface area contributed by atoms with Crippen LogP contribution in [0.2, 0.25) is 0 Å². The summed E-state index contributed by atoms with van der Waals surface area (Å²) in [7, 11) is 0. The largest absolute Gasteiger partial charge is 0.464 e. The summed E-state index contributed by atoms with van der Waals surface area (Å²) in [4.78, 5) is 38.4. The van der Waals surface area contributed by atoms with Crippen molar-refractivity contribution in [2.45, 2.75) is 45.1 Å². The van der Waals surface area contributed by atoms with E-state index in [4.69, 9.17) is 4.74 Å². The molecule has 24 heavy (non-hydrogen) atoms. The molecule has 0 spiro atoms. The van der Waals surface area contributed by atoms with E-state index in [-0.39, 0.29) is 30.3 Å². The average molecular weight is 329 g/mol. The topological polar surface area (TPSA) is 63.7 Å². The lowest BCUT2D eigenvalue weighted by atomic mass is 9.81. The molecule has 0 radical (unpaired) electrons. The highest BCUT2D eigenvalue weighted by molar-refractivity contribution is 6.07. The fraction of sp³-hybridized carbons (Fsp3) is 0.526. The fourth-order valence-electron chi connectivity index (χ4n) is 3.71. The Morgan fingerprint density at radius 2 is 1.71 bits per heavy atom. The number of carbonyl (C=O) groups is 3. The summed E-state index contributed by atoms with van der Waals surface area (Å²) >= 11 is 0. The number of fused-ring (bicyclic) bond motifs is 1. The molecule has 3 unspecified atom stereocenters. The van der Waals surface area contributed by atoms with Crippen molar-refractivity contribution >= 4 is 17.8 Å². The van der Waals surface area contributed by atoms with Crippen LogP contribution in [-0.4, -0.2) is 35.3 Å². The minimum Gasteiger partial charge on any atom is -0.464 e. The molecule has 0 N–H and O–H groups in total. The Balaban J connectivity index is 1.57. The van der Waals surface area contributed by atoms with E-state index in [2.05, 4.69) is 0 Å². The Kier molecular flexibility index (Phi) is 4.97. The van der Waals surface area contributed by atoms with Crippen LogP contribution < -0.4 is 0 Å². The Labute approximate surface area is 142 Å². The van der Waals surface area contributed by atoms with Crippen LogP contribution in [-0.2, 0) is 25.5 Å². The highest BCUT2D eigenvalue weighted by atomic mass is 16.5. The van der Waals surface area contributed by atoms with E-state index < -0.39 is 12.0 Å². The molecule has 2 fully saturated rings. The van der Waals surface area contributed by atoms with Crippen molar-refractivity contribution in [3.8, 4) is 0 Å². The number of ether oxygens (including phenoxy) is 1. The van der Waals surface area contributed by atoms with Crippen molar-refractivity contribution in [2.24, 2.45) is 11.8 Å². The average Bonchev–Trinajstić information content (AvgIpc) is 2.86. The number of imide groups is 1. The molecule has 0 aromatic heterocycles. The number of benzene rings is 1. The minimum absolute atomic E-state index is 0.197. The SMILES string of the molecule is CC(C(=O)OCCc1ccccc1)N1C(=O)C2CCCCC2C1=O. The highest BCUT2D eigenvalue weighted by Crippen LogP contribution is 2.38. The second-order valence-electron chi connectivity index (χ2n) is 6.62. The number of amides is 2. The van der Waals surface area contributed by atoms with Gasteiger partial charge in [0.15, 0.2) is 0 Å². The Morgan fingerprint density at radius 3 is 2.29 bits per heavy atom. The Morgan fingerprint density at radius 1 is 1.12 bits per heavy atom. The molecule has 3 rings (SSSR count). The maximum Gasteiger partial charge on any atom is 0.329 e. The molecule has 1 aliphatic heterocycles. The lowest BCUT2D eigenvalue weighted by molar-refractivity contribution is -0.158. The number of carbonyl (C=O) groups excluding carboxylic acids is 3. The third-order valence-corrected chi connectivity index (χ3v) is 5.08. The summed E-state index contributed by atoms with van der Waals surface area (Å²) < 4.78 is 5.29. The van der Waals surface area contributed by atoms with Crippen molar-refractivity contribution < 1.29 is 19.1 Å². The summed E-state index contributed by atoms with van der Waals surface area (Å²) in [5.41, 5.74) is 1.08. The second kappa shape index (κ2) is 7.16. The van der Waals surface area contributed by atoms with Crippen LogP contribution >= 0.6 is 0 Å². The molecule has 128 valence electrons. The number of nitrogens with zero attached hydrogens (tertiary/aromatic N) is 1. The molecular formula is C19H23NO4. The second-order valence-corrected chi connectivity index (χ2v) is 6.62. The zero-order chi connectivity index (χ0) is 17.1. The lowest BCUT2D eigenvalue weighted by Crippen LogP contribution is -2.44. The third-order valence-electron chi connectivity index (χ3n) is 5.08. The van der Waals surface area contributed by atoms with Crippen molar-refractivity contribution in [2.75, 3.05) is 6.61 Å². The monoisotopic (exact) mass is 329 g/mol. The van der Waals surface area contributed by atoms with E-state index in [1.165, 1.54) is 0 Å². The third kappa shape index (κ3) is 3.21. The van der Waals surface area contributed by atoms with Crippen LogP contribution in [0.3, 0.4) is 0 Å². The number of hydrogen-bond donors (Lipinski definition) is 0. The number of esters is 1. The number of rotatable bonds is 5. The first-order chi connectivity index (χ1) is 11.6. The molecular weight excluding hydrogens is 306 g/mol. The van der Waals surface area contributed by atoms with Crippen LogP contribution in [0.4, 0.5) is 0 Å². The fourth-order valence-corrected chi connectivity index (χ4v) is 3.71. The van der Waals surface area contributed by atoms with Gasteiger partial charge in [-0.3, -0.25) is 14.5 Å². The van der Waals surface area contributed by atoms with E-state index in [0.29, 0.717) is 6.42 Å². The van der Waals surface area contributed by atoms with Crippen molar-refractivity contribution in [1.82, 2.24) is 4.90 Å². The van der Waals surface area contributed by atoms with Gasteiger partial charge in [-0.2, -0.15) is 0 Å². The normalized spacial score (nSPS) is 24.6. The first kappa shape index (κ1) is 16.7. The quantitative estimate of drug-likeness (QED) is 0.614. The predicted molar refractivity (Wildman–Crippen MR) is 87.9 cm³/mol. The van der Waals surface area contributed by atoms with E-state index in [0.717, 1.165) is 36.1 Å². The van der Waals surface area contributed by atoms with Gasteiger partial charge in [0, 0.05) is 6.42 Å². The maximum absolute atomic E-state index is 12.5. The Hall–Kier alpha value is -2.17. The molecule has 1 aromatic rings. The molecule has 5 nitrogen and oxygen atoms in total. The standard InChI is InChI=1S/C19H23NO4/c1-13(19(23)24-12-11-14-7-3-2-4-8-14)20-17(21)15-9-5-6-10-16(15)18(20)22/h2-4,7-8,13,15-16H,5-6,9-12H2,1H3. The molecule has 1 aliphatic carbocycles. The molecule has 2 aliphatic rings. The molecule has 3 atom stereocenters. The van der Waals surface area contributed by atoms with E-state index in [9.17, 15) is 14.4 Å². The Bertz CT molecular complexity index is 604. The number of hydrogen-bond acceptors (Lipinski definition) is 4. The summed E-state index contributed by atoms with van der Waals surface area (Å²) in [6.45, 7) is 1.83. The molecule has 1 saturated heterocycles. The highest BCUT2D eigenvalue weighted by Gasteiger charge is 2.51. The van der Waals surface area contributed by atoms with E-state index in [1.807, 2.05) is 30.3 Å². The molecule has 0 bridgehead atoms. The smallest absolute Gasteiger partial charge is 0.329 e. The van der Waals surface area contributed by atoms with Crippen LogP contribution in [0.1, 0.15) is 38.2 Å². The van der Waals surface area contributed by atoms with Crippen LogP contribution in [0.15, 0.2) is 30.3 Å². The van der Waals surface area contributed by atoms with Gasteiger partial charge in [0.2, 0.25) is 11.8 Å². The van der Waals surface area contributed by atoms with Gasteiger partial charge in [-0.15, -0.1) is 0 Å². The molecule has 1 heterocycles. The van der Waals surface area contributed by atoms with Crippen LogP contribution in [0, 0.1) is 11.8 Å². The summed E-state index contributed by atoms with van der Waals surface area (Å²) in [5.74, 6) is -1.36. The molecule has 1 aromatic carbocycles. The van der Waals surface area contributed by atoms with Gasteiger partial charge in [0.1, 0.15) is 6.04 Å². The zero-order valence-electron chi connectivity index (χ0n) is 13.9. The van der Waals surface area contributed by atoms with Crippen molar-refractivity contribution in [3.63, 3.8) is 0 Å². The predicted octanol–water partition coefficient (Wildman–Crippen LogP) is 2.34. The van der Waals surface area contributed by atoms with Gasteiger partial charge in [-0.1, -0.05) is 43.2 Å². The zero-order valence-corrected chi connectivity index (χ0v) is 13.9. The molecule has 5 heteroatoms. The van der Waals surface area contributed by atoms with Gasteiger partial charge in [-0.05, 0) is 25.3 Å². The first-order valence-electron chi connectivity index (χ1n) is 8.67.